The van der Waals surface area contributed by atoms with Crippen molar-refractivity contribution in [3.8, 4) is 0 Å². The third kappa shape index (κ3) is 3.61. The molecule has 1 aromatic heterocycles. The molecule has 0 spiro atoms. The average Bonchev–Trinajstić information content (AvgIpc) is 3.08. The first-order chi connectivity index (χ1) is 9.54. The van der Waals surface area contributed by atoms with Crippen molar-refractivity contribution < 1.29 is 4.79 Å². The Morgan fingerprint density at radius 1 is 1.55 bits per heavy atom. The van der Waals surface area contributed by atoms with Gasteiger partial charge in [-0.05, 0) is 43.6 Å². The molecule has 20 heavy (non-hydrogen) atoms. The van der Waals surface area contributed by atoms with Gasteiger partial charge in [0.25, 0.3) is 0 Å². The highest BCUT2D eigenvalue weighted by Gasteiger charge is 2.33. The van der Waals surface area contributed by atoms with E-state index in [2.05, 4.69) is 29.8 Å². The zero-order valence-corrected chi connectivity index (χ0v) is 13.3. The molecule has 3 nitrogen and oxygen atoms in total. The third-order valence-electron chi connectivity index (χ3n) is 4.30. The highest BCUT2D eigenvalue weighted by Crippen LogP contribution is 2.37. The maximum Gasteiger partial charge on any atom is 0.240 e. The average molecular weight is 294 g/mol. The molecule has 1 fully saturated rings. The second kappa shape index (κ2) is 6.72. The van der Waals surface area contributed by atoms with Crippen molar-refractivity contribution in [2.24, 2.45) is 11.7 Å². The molecule has 112 valence electrons. The zero-order chi connectivity index (χ0) is 14.6. The third-order valence-corrected chi connectivity index (χ3v) is 5.25. The van der Waals surface area contributed by atoms with Gasteiger partial charge < -0.3 is 11.1 Å². The number of amides is 1. The molecule has 3 N–H and O–H groups in total. The van der Waals surface area contributed by atoms with Gasteiger partial charge in [-0.3, -0.25) is 4.79 Å². The van der Waals surface area contributed by atoms with Crippen LogP contribution in [0.3, 0.4) is 0 Å². The van der Waals surface area contributed by atoms with E-state index in [1.54, 1.807) is 11.3 Å². The Hall–Kier alpha value is -0.870. The van der Waals surface area contributed by atoms with Crippen LogP contribution in [0.5, 0.6) is 0 Å². The minimum absolute atomic E-state index is 0.00958. The van der Waals surface area contributed by atoms with E-state index >= 15 is 0 Å². The molecule has 2 rings (SSSR count). The van der Waals surface area contributed by atoms with Crippen molar-refractivity contribution in [2.75, 3.05) is 0 Å². The smallest absolute Gasteiger partial charge is 0.240 e. The fourth-order valence-electron chi connectivity index (χ4n) is 3.12. The van der Waals surface area contributed by atoms with E-state index in [4.69, 9.17) is 5.73 Å². The van der Waals surface area contributed by atoms with Gasteiger partial charge in [0.2, 0.25) is 5.91 Å². The van der Waals surface area contributed by atoms with Crippen LogP contribution in [0.25, 0.3) is 0 Å². The van der Waals surface area contributed by atoms with Gasteiger partial charge in [-0.1, -0.05) is 32.3 Å². The minimum Gasteiger partial charge on any atom is -0.347 e. The monoisotopic (exact) mass is 294 g/mol. The SMILES string of the molecule is CCCC(C)(N)C(=O)NC(c1cccs1)C1CCCC1. The fourth-order valence-corrected chi connectivity index (χ4v) is 3.99. The molecule has 4 heteroatoms. The number of rotatable bonds is 6. The summed E-state index contributed by atoms with van der Waals surface area (Å²) in [5, 5.41) is 5.31. The van der Waals surface area contributed by atoms with Gasteiger partial charge in [-0.25, -0.2) is 0 Å². The van der Waals surface area contributed by atoms with E-state index in [-0.39, 0.29) is 11.9 Å². The summed E-state index contributed by atoms with van der Waals surface area (Å²) < 4.78 is 0. The van der Waals surface area contributed by atoms with Crippen LogP contribution >= 0.6 is 11.3 Å². The lowest BCUT2D eigenvalue weighted by atomic mass is 9.92. The van der Waals surface area contributed by atoms with Crippen LogP contribution in [-0.4, -0.2) is 11.4 Å². The quantitative estimate of drug-likeness (QED) is 0.842. The second-order valence-corrected chi connectivity index (χ2v) is 7.16. The fraction of sp³-hybridized carbons (Fsp3) is 0.688. The molecule has 0 radical (unpaired) electrons. The van der Waals surface area contributed by atoms with E-state index in [0.29, 0.717) is 5.92 Å². The summed E-state index contributed by atoms with van der Waals surface area (Å²) in [6, 6.07) is 4.33. The van der Waals surface area contributed by atoms with Crippen molar-refractivity contribution >= 4 is 17.2 Å². The Morgan fingerprint density at radius 2 is 2.25 bits per heavy atom. The van der Waals surface area contributed by atoms with Crippen molar-refractivity contribution in [1.29, 1.82) is 0 Å². The molecule has 0 aliphatic heterocycles. The lowest BCUT2D eigenvalue weighted by Gasteiger charge is -2.29. The highest BCUT2D eigenvalue weighted by atomic mass is 32.1. The van der Waals surface area contributed by atoms with E-state index in [1.165, 1.54) is 30.6 Å². The molecule has 1 aliphatic carbocycles. The lowest BCUT2D eigenvalue weighted by Crippen LogP contribution is -2.52. The zero-order valence-electron chi connectivity index (χ0n) is 12.5. The van der Waals surface area contributed by atoms with Gasteiger partial charge in [0.05, 0.1) is 11.6 Å². The van der Waals surface area contributed by atoms with Gasteiger partial charge >= 0.3 is 0 Å². The Labute approximate surface area is 125 Å². The van der Waals surface area contributed by atoms with E-state index in [0.717, 1.165) is 12.8 Å². The molecule has 1 saturated carbocycles. The molecule has 0 saturated heterocycles. The van der Waals surface area contributed by atoms with Crippen LogP contribution in [0.4, 0.5) is 0 Å². The first-order valence-corrected chi connectivity index (χ1v) is 8.56. The molecule has 1 aromatic rings. The highest BCUT2D eigenvalue weighted by molar-refractivity contribution is 7.10. The van der Waals surface area contributed by atoms with Crippen molar-refractivity contribution in [1.82, 2.24) is 5.32 Å². The summed E-state index contributed by atoms with van der Waals surface area (Å²) in [6.07, 6.45) is 6.61. The number of nitrogens with one attached hydrogen (secondary N) is 1. The number of hydrogen-bond acceptors (Lipinski definition) is 3. The number of nitrogens with two attached hydrogens (primary N) is 1. The largest absolute Gasteiger partial charge is 0.347 e. The Bertz CT molecular complexity index is 422. The van der Waals surface area contributed by atoms with Crippen LogP contribution in [0.1, 0.15) is 63.3 Å². The normalized spacial score (nSPS) is 20.6. The summed E-state index contributed by atoms with van der Waals surface area (Å²) in [4.78, 5) is 13.7. The number of hydrogen-bond donors (Lipinski definition) is 2. The van der Waals surface area contributed by atoms with Gasteiger partial charge in [0.15, 0.2) is 0 Å². The Kier molecular flexibility index (Phi) is 5.22. The van der Waals surface area contributed by atoms with Crippen LogP contribution in [0.15, 0.2) is 17.5 Å². The summed E-state index contributed by atoms with van der Waals surface area (Å²) in [5.41, 5.74) is 5.40. The maximum absolute atomic E-state index is 12.5. The van der Waals surface area contributed by atoms with Crippen molar-refractivity contribution in [3.63, 3.8) is 0 Å². The first kappa shape index (κ1) is 15.5. The Balaban J connectivity index is 2.10. The molecule has 0 bridgehead atoms. The number of carbonyl (C=O) groups excluding carboxylic acids is 1. The predicted molar refractivity (Wildman–Crippen MR) is 84.7 cm³/mol. The molecule has 1 amide bonds. The molecular weight excluding hydrogens is 268 g/mol. The van der Waals surface area contributed by atoms with Crippen LogP contribution in [0.2, 0.25) is 0 Å². The maximum atomic E-state index is 12.5. The summed E-state index contributed by atoms with van der Waals surface area (Å²) in [5.74, 6) is 0.555. The molecular formula is C16H26N2OS. The minimum atomic E-state index is -0.761. The second-order valence-electron chi connectivity index (χ2n) is 6.18. The lowest BCUT2D eigenvalue weighted by molar-refractivity contribution is -0.127. The van der Waals surface area contributed by atoms with E-state index < -0.39 is 5.54 Å². The summed E-state index contributed by atoms with van der Waals surface area (Å²) in [6.45, 7) is 3.90. The topological polar surface area (TPSA) is 55.1 Å². The van der Waals surface area contributed by atoms with Crippen LogP contribution in [0, 0.1) is 5.92 Å². The van der Waals surface area contributed by atoms with Gasteiger partial charge in [0, 0.05) is 4.88 Å². The standard InChI is InChI=1S/C16H26N2OS/c1-3-10-16(2,17)15(19)18-14(12-7-4-5-8-12)13-9-6-11-20-13/h6,9,11-12,14H,3-5,7-8,10,17H2,1-2H3,(H,18,19). The Morgan fingerprint density at radius 3 is 2.80 bits per heavy atom. The summed E-state index contributed by atoms with van der Waals surface area (Å²) >= 11 is 1.73. The first-order valence-electron chi connectivity index (χ1n) is 7.68. The molecule has 2 atom stereocenters. The van der Waals surface area contributed by atoms with Crippen LogP contribution < -0.4 is 11.1 Å². The molecule has 0 aromatic carbocycles. The summed E-state index contributed by atoms with van der Waals surface area (Å²) in [7, 11) is 0. The van der Waals surface area contributed by atoms with Gasteiger partial charge in [-0.2, -0.15) is 0 Å². The molecule has 2 unspecified atom stereocenters. The van der Waals surface area contributed by atoms with Crippen molar-refractivity contribution in [2.45, 2.75) is 64.0 Å². The number of carbonyl (C=O) groups is 1. The molecule has 1 heterocycles. The van der Waals surface area contributed by atoms with Gasteiger partial charge in [0.1, 0.15) is 0 Å². The van der Waals surface area contributed by atoms with E-state index in [9.17, 15) is 4.79 Å². The predicted octanol–water partition coefficient (Wildman–Crippen LogP) is 3.61. The number of thiophene rings is 1. The molecule has 1 aliphatic rings. The van der Waals surface area contributed by atoms with Crippen molar-refractivity contribution in [3.05, 3.63) is 22.4 Å². The van der Waals surface area contributed by atoms with Crippen LogP contribution in [-0.2, 0) is 4.79 Å². The van der Waals surface area contributed by atoms with Gasteiger partial charge in [-0.15, -0.1) is 11.3 Å². The van der Waals surface area contributed by atoms with E-state index in [1.807, 2.05) is 6.92 Å².